The van der Waals surface area contributed by atoms with Crippen molar-refractivity contribution in [3.05, 3.63) is 12.2 Å². The molecule has 0 fully saturated rings. The van der Waals surface area contributed by atoms with Gasteiger partial charge in [0.05, 0.1) is 0 Å². The third-order valence-corrected chi connectivity index (χ3v) is 0.767. The predicted molar refractivity (Wildman–Crippen MR) is 31.0 cm³/mol. The Hall–Kier alpha value is -0.920. The quantitative estimate of drug-likeness (QED) is 0.421. The molecule has 0 N–H and O–H groups in total. The molecule has 0 aromatic heterocycles. The first kappa shape index (κ1) is 4.24. The smallest absolute Gasteiger partial charge is 0.146 e. The first-order chi connectivity index (χ1) is 3.43. The summed E-state index contributed by atoms with van der Waals surface area (Å²) in [6.07, 6.45) is 5.45. The van der Waals surface area contributed by atoms with Gasteiger partial charge < -0.3 is 0 Å². The highest BCUT2D eigenvalue weighted by atomic mass is 14.9. The molecule has 0 aliphatic carbocycles. The van der Waals surface area contributed by atoms with Gasteiger partial charge in [0.25, 0.3) is 0 Å². The zero-order chi connectivity index (χ0) is 5.11. The monoisotopic (exact) mass is 94.1 g/mol. The van der Waals surface area contributed by atoms with Crippen LogP contribution in [-0.4, -0.2) is 19.1 Å². The molecule has 0 aromatic carbocycles. The summed E-state index contributed by atoms with van der Waals surface area (Å²) < 4.78 is 0. The van der Waals surface area contributed by atoms with Crippen LogP contribution in [0.3, 0.4) is 0 Å². The molecule has 0 unspecified atom stereocenters. The van der Waals surface area contributed by atoms with Gasteiger partial charge in [0.15, 0.2) is 0 Å². The van der Waals surface area contributed by atoms with Crippen LogP contribution in [0.4, 0.5) is 0 Å². The maximum Gasteiger partial charge on any atom is 0.146 e. The van der Waals surface area contributed by atoms with E-state index in [1.54, 1.807) is 13.3 Å². The van der Waals surface area contributed by atoms with Crippen molar-refractivity contribution in [1.82, 2.24) is 0 Å². The van der Waals surface area contributed by atoms with Crippen LogP contribution in [0.25, 0.3) is 0 Å². The number of hydrogen-bond acceptors (Lipinski definition) is 1. The molecule has 2 heteroatoms. The third-order valence-electron chi connectivity index (χ3n) is 0.767. The van der Waals surface area contributed by atoms with E-state index in [1.807, 2.05) is 12.2 Å². The van der Waals surface area contributed by atoms with Crippen LogP contribution >= 0.6 is 0 Å². The Balaban J connectivity index is 2.79. The lowest BCUT2D eigenvalue weighted by molar-refractivity contribution is 1.42. The fourth-order valence-corrected chi connectivity index (χ4v) is 0.424. The minimum Gasteiger partial charge on any atom is -0.270 e. The molecule has 0 aromatic rings. The first-order valence-corrected chi connectivity index (χ1v) is 2.11. The van der Waals surface area contributed by atoms with Gasteiger partial charge in [-0.1, -0.05) is 0 Å². The Morgan fingerprint density at radius 1 is 1.71 bits per heavy atom. The van der Waals surface area contributed by atoms with Crippen LogP contribution in [0.15, 0.2) is 22.1 Å². The van der Waals surface area contributed by atoms with Gasteiger partial charge in [-0.25, -0.2) is 4.99 Å². The molecule has 0 radical (unpaired) electrons. The number of nitrogens with zero attached hydrogens (tertiary/aromatic N) is 2. The van der Waals surface area contributed by atoms with E-state index in [0.717, 1.165) is 5.84 Å². The molecule has 0 saturated carbocycles. The normalized spacial score (nSPS) is 22.1. The van der Waals surface area contributed by atoms with Crippen molar-refractivity contribution in [2.45, 2.75) is 0 Å². The Morgan fingerprint density at radius 2 is 2.57 bits per heavy atom. The van der Waals surface area contributed by atoms with Gasteiger partial charge in [0, 0.05) is 13.3 Å². The average molecular weight is 94.1 g/mol. The minimum absolute atomic E-state index is 0.806. The highest BCUT2D eigenvalue weighted by Gasteiger charge is 1.87. The molecule has 0 atom stereocenters. The van der Waals surface area contributed by atoms with E-state index in [1.165, 1.54) is 0 Å². The summed E-state index contributed by atoms with van der Waals surface area (Å²) in [6, 6.07) is 0. The first-order valence-electron chi connectivity index (χ1n) is 2.11. The molecule has 1 aliphatic rings. The van der Waals surface area contributed by atoms with Crippen molar-refractivity contribution in [2.75, 3.05) is 7.05 Å². The van der Waals surface area contributed by atoms with Crippen LogP contribution in [0, 0.1) is 0 Å². The Labute approximate surface area is 42.3 Å². The molecule has 0 amide bonds. The second-order valence-electron chi connectivity index (χ2n) is 1.22. The van der Waals surface area contributed by atoms with E-state index in [4.69, 9.17) is 0 Å². The zero-order valence-corrected chi connectivity index (χ0v) is 4.13. The van der Waals surface area contributed by atoms with E-state index < -0.39 is 0 Å². The van der Waals surface area contributed by atoms with Gasteiger partial charge in [-0.15, -0.1) is 0 Å². The minimum atomic E-state index is 0.806. The van der Waals surface area contributed by atoms with E-state index >= 15 is 0 Å². The number of hydrogen-bond donors (Lipinski definition) is 0. The summed E-state index contributed by atoms with van der Waals surface area (Å²) in [5, 5.41) is 0. The zero-order valence-electron chi connectivity index (χ0n) is 4.13. The van der Waals surface area contributed by atoms with Crippen molar-refractivity contribution in [3.8, 4) is 0 Å². The molecule has 1 rings (SSSR count). The van der Waals surface area contributed by atoms with E-state index in [0.29, 0.717) is 0 Å². The van der Waals surface area contributed by atoms with Crippen LogP contribution in [0.1, 0.15) is 0 Å². The lowest BCUT2D eigenvalue weighted by Crippen LogP contribution is -1.78. The lowest BCUT2D eigenvalue weighted by Gasteiger charge is -1.77. The van der Waals surface area contributed by atoms with Crippen molar-refractivity contribution in [3.63, 3.8) is 0 Å². The van der Waals surface area contributed by atoms with Crippen LogP contribution < -0.4 is 0 Å². The van der Waals surface area contributed by atoms with Crippen molar-refractivity contribution >= 4 is 12.1 Å². The predicted octanol–water partition coefficient (Wildman–Crippen LogP) is 0.655. The number of allylic oxidation sites excluding steroid dienone is 1. The maximum atomic E-state index is 3.87. The van der Waals surface area contributed by atoms with Crippen molar-refractivity contribution in [1.29, 1.82) is 0 Å². The highest BCUT2D eigenvalue weighted by Crippen LogP contribution is 1.87. The van der Waals surface area contributed by atoms with Gasteiger partial charge in [0.1, 0.15) is 5.84 Å². The summed E-state index contributed by atoms with van der Waals surface area (Å²) in [7, 11) is 1.72. The summed E-state index contributed by atoms with van der Waals surface area (Å²) in [5.41, 5.74) is 0. The summed E-state index contributed by atoms with van der Waals surface area (Å²) in [4.78, 5) is 7.69. The van der Waals surface area contributed by atoms with E-state index in [2.05, 4.69) is 9.98 Å². The van der Waals surface area contributed by atoms with Gasteiger partial charge in [-0.05, 0) is 12.2 Å². The third kappa shape index (κ3) is 0.738. The molecule has 0 spiro atoms. The van der Waals surface area contributed by atoms with E-state index in [-0.39, 0.29) is 0 Å². The summed E-state index contributed by atoms with van der Waals surface area (Å²) >= 11 is 0. The molecular weight excluding hydrogens is 88.1 g/mol. The second-order valence-corrected chi connectivity index (χ2v) is 1.22. The second kappa shape index (κ2) is 1.69. The van der Waals surface area contributed by atoms with Gasteiger partial charge >= 0.3 is 0 Å². The average Bonchev–Trinajstić information content (AvgIpc) is 2.14. The van der Waals surface area contributed by atoms with Gasteiger partial charge in [-0.2, -0.15) is 0 Å². The molecule has 1 aliphatic heterocycles. The topological polar surface area (TPSA) is 24.7 Å². The van der Waals surface area contributed by atoms with Crippen LogP contribution in [0.2, 0.25) is 0 Å². The van der Waals surface area contributed by atoms with Crippen molar-refractivity contribution < 1.29 is 0 Å². The van der Waals surface area contributed by atoms with Crippen molar-refractivity contribution in [2.24, 2.45) is 9.98 Å². The number of aliphatic imine (C=N–C) groups is 2. The number of amidine groups is 1. The fourth-order valence-electron chi connectivity index (χ4n) is 0.424. The van der Waals surface area contributed by atoms with Gasteiger partial charge in [0.2, 0.25) is 0 Å². The largest absolute Gasteiger partial charge is 0.270 e. The van der Waals surface area contributed by atoms with Crippen LogP contribution in [-0.2, 0) is 0 Å². The highest BCUT2D eigenvalue weighted by molar-refractivity contribution is 6.06. The maximum absolute atomic E-state index is 3.87. The molecule has 2 nitrogen and oxygen atoms in total. The molecule has 36 valence electrons. The summed E-state index contributed by atoms with van der Waals surface area (Å²) in [6.45, 7) is 0. The summed E-state index contributed by atoms with van der Waals surface area (Å²) in [5.74, 6) is 0.806. The van der Waals surface area contributed by atoms with E-state index in [9.17, 15) is 0 Å². The standard InChI is InChI=1S/C5H6N2/c1-6-5-3-2-4-7-5/h2-4H,1H3. The van der Waals surface area contributed by atoms with Gasteiger partial charge in [-0.3, -0.25) is 4.99 Å². The number of rotatable bonds is 0. The molecule has 7 heavy (non-hydrogen) atoms. The molecule has 0 saturated heterocycles. The lowest BCUT2D eigenvalue weighted by atomic mass is 10.5. The molecule has 0 bridgehead atoms. The molecular formula is C5H6N2. The molecule has 1 heterocycles. The Bertz CT molecular complexity index is 128. The SMILES string of the molecule is CN=C1C=CC=N1. The fraction of sp³-hybridized carbons (Fsp3) is 0.200. The van der Waals surface area contributed by atoms with Crippen LogP contribution in [0.5, 0.6) is 0 Å². The Morgan fingerprint density at radius 3 is 2.86 bits per heavy atom. The Kier molecular flexibility index (Phi) is 1.02.